The number of hydrogen-bond donors (Lipinski definition) is 1. The van der Waals surface area contributed by atoms with E-state index in [1.165, 1.54) is 18.2 Å². The highest BCUT2D eigenvalue weighted by Crippen LogP contribution is 2.27. The number of nitrogens with zero attached hydrogens (tertiary/aromatic N) is 1. The Bertz CT molecular complexity index is 691. The van der Waals surface area contributed by atoms with Crippen molar-refractivity contribution >= 4 is 44.8 Å². The van der Waals surface area contributed by atoms with E-state index in [0.717, 1.165) is 0 Å². The van der Waals surface area contributed by atoms with Crippen LogP contribution < -0.4 is 5.32 Å². The molecular formula is C13H8BrClN2O3. The van der Waals surface area contributed by atoms with E-state index in [-0.39, 0.29) is 16.6 Å². The van der Waals surface area contributed by atoms with Gasteiger partial charge < -0.3 is 5.32 Å². The third-order valence-electron chi connectivity index (χ3n) is 2.53. The van der Waals surface area contributed by atoms with Gasteiger partial charge in [-0.15, -0.1) is 0 Å². The summed E-state index contributed by atoms with van der Waals surface area (Å²) in [5, 5.41) is 13.3. The Morgan fingerprint density at radius 2 is 1.95 bits per heavy atom. The zero-order valence-corrected chi connectivity index (χ0v) is 12.3. The summed E-state index contributed by atoms with van der Waals surface area (Å²) in [5.74, 6) is -0.353. The molecule has 0 aliphatic carbocycles. The van der Waals surface area contributed by atoms with Crippen LogP contribution in [0.1, 0.15) is 10.4 Å². The van der Waals surface area contributed by atoms with Crippen molar-refractivity contribution in [2.24, 2.45) is 0 Å². The Morgan fingerprint density at radius 3 is 2.55 bits per heavy atom. The maximum atomic E-state index is 12.1. The van der Waals surface area contributed by atoms with Gasteiger partial charge in [0, 0.05) is 16.6 Å². The van der Waals surface area contributed by atoms with Gasteiger partial charge in [0.1, 0.15) is 0 Å². The van der Waals surface area contributed by atoms with E-state index in [1.807, 2.05) is 0 Å². The summed E-state index contributed by atoms with van der Waals surface area (Å²) in [6.45, 7) is 0. The van der Waals surface area contributed by atoms with Crippen LogP contribution in [0.25, 0.3) is 0 Å². The second-order valence-electron chi connectivity index (χ2n) is 3.86. The van der Waals surface area contributed by atoms with Crippen LogP contribution in [0, 0.1) is 10.1 Å². The van der Waals surface area contributed by atoms with E-state index < -0.39 is 4.92 Å². The van der Waals surface area contributed by atoms with Crippen LogP contribution in [0.5, 0.6) is 0 Å². The Balaban J connectivity index is 2.25. The molecule has 20 heavy (non-hydrogen) atoms. The first kappa shape index (κ1) is 14.5. The topological polar surface area (TPSA) is 72.2 Å². The Kier molecular flexibility index (Phi) is 4.36. The number of hydrogen-bond acceptors (Lipinski definition) is 3. The molecule has 5 nitrogen and oxygen atoms in total. The van der Waals surface area contributed by atoms with Crippen molar-refractivity contribution in [3.63, 3.8) is 0 Å². The summed E-state index contributed by atoms with van der Waals surface area (Å²) in [7, 11) is 0. The van der Waals surface area contributed by atoms with Crippen LogP contribution in [-0.4, -0.2) is 10.8 Å². The van der Waals surface area contributed by atoms with Gasteiger partial charge in [-0.25, -0.2) is 0 Å². The summed E-state index contributed by atoms with van der Waals surface area (Å²) < 4.78 is 0.649. The zero-order chi connectivity index (χ0) is 14.7. The SMILES string of the molecule is O=C(Nc1ccc([N+](=O)[O-])cc1Cl)c1ccccc1Br. The van der Waals surface area contributed by atoms with Crippen LogP contribution in [0.2, 0.25) is 5.02 Å². The van der Waals surface area contributed by atoms with Crippen molar-refractivity contribution in [2.75, 3.05) is 5.32 Å². The summed E-state index contributed by atoms with van der Waals surface area (Å²) in [6, 6.07) is 10.8. The van der Waals surface area contributed by atoms with E-state index in [0.29, 0.717) is 15.7 Å². The molecule has 2 aromatic rings. The molecule has 0 saturated carbocycles. The van der Waals surface area contributed by atoms with Gasteiger partial charge in [0.25, 0.3) is 11.6 Å². The fourth-order valence-corrected chi connectivity index (χ4v) is 2.24. The average molecular weight is 356 g/mol. The fraction of sp³-hybridized carbons (Fsp3) is 0. The molecule has 0 unspecified atom stereocenters. The van der Waals surface area contributed by atoms with Crippen LogP contribution in [0.3, 0.4) is 0 Å². The maximum absolute atomic E-state index is 12.1. The number of anilines is 1. The van der Waals surface area contributed by atoms with Crippen molar-refractivity contribution in [2.45, 2.75) is 0 Å². The predicted molar refractivity (Wildman–Crippen MR) is 80.2 cm³/mol. The molecule has 0 saturated heterocycles. The minimum Gasteiger partial charge on any atom is -0.321 e. The standard InChI is InChI=1S/C13H8BrClN2O3/c14-10-4-2-1-3-9(10)13(18)16-12-6-5-8(17(19)20)7-11(12)15/h1-7H,(H,16,18). The molecule has 0 heterocycles. The lowest BCUT2D eigenvalue weighted by Crippen LogP contribution is -2.12. The molecule has 0 atom stereocenters. The van der Waals surface area contributed by atoms with E-state index >= 15 is 0 Å². The summed E-state index contributed by atoms with van der Waals surface area (Å²) >= 11 is 9.19. The second-order valence-corrected chi connectivity index (χ2v) is 5.12. The first-order valence-electron chi connectivity index (χ1n) is 5.49. The highest BCUT2D eigenvalue weighted by molar-refractivity contribution is 9.10. The van der Waals surface area contributed by atoms with E-state index in [1.54, 1.807) is 24.3 Å². The number of nitro benzene ring substituents is 1. The lowest BCUT2D eigenvalue weighted by molar-refractivity contribution is -0.384. The quantitative estimate of drug-likeness (QED) is 0.660. The van der Waals surface area contributed by atoms with Crippen LogP contribution in [-0.2, 0) is 0 Å². The maximum Gasteiger partial charge on any atom is 0.271 e. The van der Waals surface area contributed by atoms with E-state index in [4.69, 9.17) is 11.6 Å². The van der Waals surface area contributed by atoms with Gasteiger partial charge in [-0.05, 0) is 34.1 Å². The lowest BCUT2D eigenvalue weighted by Gasteiger charge is -2.08. The summed E-state index contributed by atoms with van der Waals surface area (Å²) in [5.41, 5.74) is 0.633. The summed E-state index contributed by atoms with van der Waals surface area (Å²) in [4.78, 5) is 22.1. The Morgan fingerprint density at radius 1 is 1.25 bits per heavy atom. The Hall–Kier alpha value is -1.92. The molecule has 0 aliphatic heterocycles. The molecule has 0 spiro atoms. The van der Waals surface area contributed by atoms with Gasteiger partial charge in [0.15, 0.2) is 0 Å². The predicted octanol–water partition coefficient (Wildman–Crippen LogP) is 4.26. The van der Waals surface area contributed by atoms with Crippen LogP contribution >= 0.6 is 27.5 Å². The molecule has 2 aromatic carbocycles. The van der Waals surface area contributed by atoms with Crippen LogP contribution in [0.15, 0.2) is 46.9 Å². The molecule has 0 aromatic heterocycles. The molecule has 1 amide bonds. The number of carbonyl (C=O) groups excluding carboxylic acids is 1. The van der Waals surface area contributed by atoms with Gasteiger partial charge in [-0.3, -0.25) is 14.9 Å². The molecule has 1 N–H and O–H groups in total. The average Bonchev–Trinajstić information content (AvgIpc) is 2.41. The number of amides is 1. The number of halogens is 2. The lowest BCUT2D eigenvalue weighted by atomic mass is 10.2. The smallest absolute Gasteiger partial charge is 0.271 e. The molecule has 102 valence electrons. The monoisotopic (exact) mass is 354 g/mol. The normalized spacial score (nSPS) is 10.1. The number of non-ortho nitro benzene ring substituents is 1. The molecule has 7 heteroatoms. The van der Waals surface area contributed by atoms with Crippen molar-refractivity contribution in [1.29, 1.82) is 0 Å². The van der Waals surface area contributed by atoms with Crippen molar-refractivity contribution in [1.82, 2.24) is 0 Å². The highest BCUT2D eigenvalue weighted by atomic mass is 79.9. The van der Waals surface area contributed by atoms with Crippen LogP contribution in [0.4, 0.5) is 11.4 Å². The Labute approximate surface area is 127 Å². The van der Waals surface area contributed by atoms with Gasteiger partial charge in [0.05, 0.1) is 21.2 Å². The van der Waals surface area contributed by atoms with Gasteiger partial charge in [-0.2, -0.15) is 0 Å². The third kappa shape index (κ3) is 3.15. The molecule has 0 fully saturated rings. The molecule has 0 radical (unpaired) electrons. The largest absolute Gasteiger partial charge is 0.321 e. The minimum atomic E-state index is -0.550. The minimum absolute atomic E-state index is 0.111. The van der Waals surface area contributed by atoms with Crippen molar-refractivity contribution in [3.05, 3.63) is 67.6 Å². The number of carbonyl (C=O) groups is 1. The molecule has 0 aliphatic rings. The van der Waals surface area contributed by atoms with Gasteiger partial charge >= 0.3 is 0 Å². The molecule has 0 bridgehead atoms. The van der Waals surface area contributed by atoms with E-state index in [9.17, 15) is 14.9 Å². The number of nitrogens with one attached hydrogen (secondary N) is 1. The zero-order valence-electron chi connectivity index (χ0n) is 9.97. The van der Waals surface area contributed by atoms with E-state index in [2.05, 4.69) is 21.2 Å². The van der Waals surface area contributed by atoms with Gasteiger partial charge in [0.2, 0.25) is 0 Å². The number of benzene rings is 2. The highest BCUT2D eigenvalue weighted by Gasteiger charge is 2.14. The van der Waals surface area contributed by atoms with Crippen molar-refractivity contribution in [3.8, 4) is 0 Å². The first-order valence-corrected chi connectivity index (χ1v) is 6.66. The van der Waals surface area contributed by atoms with Crippen molar-refractivity contribution < 1.29 is 9.72 Å². The fourth-order valence-electron chi connectivity index (χ4n) is 1.55. The summed E-state index contributed by atoms with van der Waals surface area (Å²) in [6.07, 6.45) is 0. The number of rotatable bonds is 3. The third-order valence-corrected chi connectivity index (χ3v) is 3.53. The van der Waals surface area contributed by atoms with Gasteiger partial charge in [-0.1, -0.05) is 23.7 Å². The second kappa shape index (κ2) is 6.02. The number of nitro groups is 1. The first-order chi connectivity index (χ1) is 9.49. The molecular weight excluding hydrogens is 348 g/mol. The molecule has 2 rings (SSSR count).